The van der Waals surface area contributed by atoms with Crippen LogP contribution in [0.15, 0.2) is 24.3 Å². The molecule has 0 aliphatic rings. The summed E-state index contributed by atoms with van der Waals surface area (Å²) < 4.78 is 0. The smallest absolute Gasteiger partial charge is 0.352 e. The number of nitrogens with one attached hydrogen (secondary N) is 1. The minimum atomic E-state index is -0.909. The summed E-state index contributed by atoms with van der Waals surface area (Å²) in [5, 5.41) is 9.86. The highest BCUT2D eigenvalue weighted by molar-refractivity contribution is 5.93. The van der Waals surface area contributed by atoms with Crippen LogP contribution < -0.4 is 0 Å². The molecule has 2 rings (SSSR count). The zero-order valence-corrected chi connectivity index (χ0v) is 9.99. The molecule has 0 radical (unpaired) electrons. The first-order valence-corrected chi connectivity index (χ1v) is 6.05. The van der Waals surface area contributed by atoms with Crippen LogP contribution in [0.4, 0.5) is 0 Å². The number of carbonyl (C=O) groups is 1. The average molecular weight is 231 g/mol. The number of hydrogen-bond donors (Lipinski definition) is 2. The molecule has 0 saturated heterocycles. The third kappa shape index (κ3) is 2.67. The van der Waals surface area contributed by atoms with Gasteiger partial charge in [0.2, 0.25) is 0 Å². The van der Waals surface area contributed by atoms with Crippen LogP contribution in [0.2, 0.25) is 0 Å². The number of aromatic nitrogens is 1. The van der Waals surface area contributed by atoms with Crippen LogP contribution in [-0.4, -0.2) is 16.1 Å². The van der Waals surface area contributed by atoms with Gasteiger partial charge in [-0.2, -0.15) is 0 Å². The fraction of sp³-hybridized carbons (Fsp3) is 0.357. The zero-order chi connectivity index (χ0) is 12.3. The first-order valence-electron chi connectivity index (χ1n) is 6.05. The summed E-state index contributed by atoms with van der Waals surface area (Å²) >= 11 is 0. The highest BCUT2D eigenvalue weighted by Crippen LogP contribution is 2.18. The van der Waals surface area contributed by atoms with E-state index in [1.165, 1.54) is 24.8 Å². The SMILES string of the molecule is CCCCCc1ccc2cc(C(=O)O)[nH]c2c1. The monoisotopic (exact) mass is 231 g/mol. The number of fused-ring (bicyclic) bond motifs is 1. The van der Waals surface area contributed by atoms with Crippen molar-refractivity contribution in [3.05, 3.63) is 35.5 Å². The lowest BCUT2D eigenvalue weighted by Gasteiger charge is -2.00. The Kier molecular flexibility index (Phi) is 3.47. The minimum absolute atomic E-state index is 0.255. The topological polar surface area (TPSA) is 53.1 Å². The molecule has 0 unspecified atom stereocenters. The molecule has 1 aromatic heterocycles. The highest BCUT2D eigenvalue weighted by Gasteiger charge is 2.07. The summed E-state index contributed by atoms with van der Waals surface area (Å²) in [7, 11) is 0. The number of unbranched alkanes of at least 4 members (excludes halogenated alkanes) is 2. The molecule has 0 fully saturated rings. The number of hydrogen-bond acceptors (Lipinski definition) is 1. The Morgan fingerprint density at radius 3 is 2.82 bits per heavy atom. The quantitative estimate of drug-likeness (QED) is 0.772. The number of carboxylic acid groups (broad SMARTS) is 1. The molecule has 0 spiro atoms. The van der Waals surface area contributed by atoms with Gasteiger partial charge >= 0.3 is 5.97 Å². The average Bonchev–Trinajstić information content (AvgIpc) is 2.72. The first kappa shape index (κ1) is 11.7. The van der Waals surface area contributed by atoms with Crippen molar-refractivity contribution >= 4 is 16.9 Å². The number of aromatic amines is 1. The summed E-state index contributed by atoms with van der Waals surface area (Å²) in [6, 6.07) is 7.79. The summed E-state index contributed by atoms with van der Waals surface area (Å²) in [5.41, 5.74) is 2.44. The maximum absolute atomic E-state index is 10.8. The van der Waals surface area contributed by atoms with Crippen molar-refractivity contribution in [1.82, 2.24) is 4.98 Å². The second-order valence-electron chi connectivity index (χ2n) is 4.37. The molecule has 2 aromatic rings. The number of aromatic carboxylic acids is 1. The standard InChI is InChI=1S/C14H17NO2/c1-2-3-4-5-10-6-7-11-9-13(14(16)17)15-12(11)8-10/h6-9,15H,2-5H2,1H3,(H,16,17). The van der Waals surface area contributed by atoms with E-state index in [0.29, 0.717) is 0 Å². The van der Waals surface area contributed by atoms with Gasteiger partial charge in [-0.3, -0.25) is 0 Å². The van der Waals surface area contributed by atoms with Gasteiger partial charge in [0.25, 0.3) is 0 Å². The molecule has 3 heteroatoms. The molecule has 0 amide bonds. The van der Waals surface area contributed by atoms with Crippen LogP contribution in [0.3, 0.4) is 0 Å². The normalized spacial score (nSPS) is 10.9. The van der Waals surface area contributed by atoms with E-state index < -0.39 is 5.97 Å². The number of H-pyrrole nitrogens is 1. The Hall–Kier alpha value is -1.77. The molecular weight excluding hydrogens is 214 g/mol. The van der Waals surface area contributed by atoms with Gasteiger partial charge in [0.15, 0.2) is 0 Å². The number of rotatable bonds is 5. The van der Waals surface area contributed by atoms with Crippen molar-refractivity contribution in [3.63, 3.8) is 0 Å². The fourth-order valence-corrected chi connectivity index (χ4v) is 2.02. The molecule has 0 aliphatic heterocycles. The Morgan fingerprint density at radius 2 is 2.12 bits per heavy atom. The van der Waals surface area contributed by atoms with Crippen LogP contribution in [0.25, 0.3) is 10.9 Å². The molecule has 2 N–H and O–H groups in total. The van der Waals surface area contributed by atoms with Crippen LogP contribution in [0, 0.1) is 0 Å². The Bertz CT molecular complexity index is 528. The van der Waals surface area contributed by atoms with Gasteiger partial charge in [0, 0.05) is 10.9 Å². The predicted octanol–water partition coefficient (Wildman–Crippen LogP) is 3.60. The molecule has 1 heterocycles. The van der Waals surface area contributed by atoms with Gasteiger partial charge in [-0.25, -0.2) is 4.79 Å². The molecule has 0 aliphatic carbocycles. The third-order valence-electron chi connectivity index (χ3n) is 2.99. The highest BCUT2D eigenvalue weighted by atomic mass is 16.4. The fourth-order valence-electron chi connectivity index (χ4n) is 2.02. The largest absolute Gasteiger partial charge is 0.477 e. The van der Waals surface area contributed by atoms with Crippen LogP contribution >= 0.6 is 0 Å². The van der Waals surface area contributed by atoms with Gasteiger partial charge in [-0.1, -0.05) is 31.9 Å². The van der Waals surface area contributed by atoms with E-state index >= 15 is 0 Å². The van der Waals surface area contributed by atoms with Crippen molar-refractivity contribution in [2.24, 2.45) is 0 Å². The summed E-state index contributed by atoms with van der Waals surface area (Å²) in [5.74, 6) is -0.909. The van der Waals surface area contributed by atoms with Gasteiger partial charge in [-0.15, -0.1) is 0 Å². The molecule has 0 saturated carbocycles. The maximum atomic E-state index is 10.8. The van der Waals surface area contributed by atoms with Gasteiger partial charge in [0.05, 0.1) is 0 Å². The number of carboxylic acids is 1. The van der Waals surface area contributed by atoms with Crippen molar-refractivity contribution in [2.45, 2.75) is 32.6 Å². The molecule has 0 atom stereocenters. The molecule has 3 nitrogen and oxygen atoms in total. The predicted molar refractivity (Wildman–Crippen MR) is 68.5 cm³/mol. The lowest BCUT2D eigenvalue weighted by molar-refractivity contribution is 0.0691. The van der Waals surface area contributed by atoms with E-state index in [9.17, 15) is 4.79 Å². The third-order valence-corrected chi connectivity index (χ3v) is 2.99. The van der Waals surface area contributed by atoms with Crippen LogP contribution in [-0.2, 0) is 6.42 Å². The van der Waals surface area contributed by atoms with E-state index in [4.69, 9.17) is 5.11 Å². The summed E-state index contributed by atoms with van der Waals surface area (Å²) in [4.78, 5) is 13.8. The van der Waals surface area contributed by atoms with E-state index in [1.54, 1.807) is 6.07 Å². The van der Waals surface area contributed by atoms with Crippen molar-refractivity contribution in [3.8, 4) is 0 Å². The molecule has 1 aromatic carbocycles. The van der Waals surface area contributed by atoms with E-state index in [1.807, 2.05) is 6.07 Å². The van der Waals surface area contributed by atoms with E-state index in [2.05, 4.69) is 24.0 Å². The Labute approximate surface area is 100 Å². The second-order valence-corrected chi connectivity index (χ2v) is 4.37. The minimum Gasteiger partial charge on any atom is -0.477 e. The molecular formula is C14H17NO2. The van der Waals surface area contributed by atoms with Gasteiger partial charge in [0.1, 0.15) is 5.69 Å². The number of aryl methyl sites for hydroxylation is 1. The van der Waals surface area contributed by atoms with E-state index in [0.717, 1.165) is 17.3 Å². The number of benzene rings is 1. The Balaban J connectivity index is 2.21. The molecule has 0 bridgehead atoms. The zero-order valence-electron chi connectivity index (χ0n) is 9.99. The first-order chi connectivity index (χ1) is 8.20. The van der Waals surface area contributed by atoms with Gasteiger partial charge in [-0.05, 0) is 30.5 Å². The second kappa shape index (κ2) is 5.04. The van der Waals surface area contributed by atoms with Crippen molar-refractivity contribution in [2.75, 3.05) is 0 Å². The van der Waals surface area contributed by atoms with Crippen LogP contribution in [0.5, 0.6) is 0 Å². The van der Waals surface area contributed by atoms with E-state index in [-0.39, 0.29) is 5.69 Å². The molecule has 90 valence electrons. The lowest BCUT2D eigenvalue weighted by atomic mass is 10.1. The maximum Gasteiger partial charge on any atom is 0.352 e. The Morgan fingerprint density at radius 1 is 1.29 bits per heavy atom. The lowest BCUT2D eigenvalue weighted by Crippen LogP contribution is -1.94. The van der Waals surface area contributed by atoms with Gasteiger partial charge < -0.3 is 10.1 Å². The van der Waals surface area contributed by atoms with Crippen LogP contribution in [0.1, 0.15) is 42.2 Å². The summed E-state index contributed by atoms with van der Waals surface area (Å²) in [6.07, 6.45) is 4.71. The molecule has 17 heavy (non-hydrogen) atoms. The summed E-state index contributed by atoms with van der Waals surface area (Å²) in [6.45, 7) is 2.19. The van der Waals surface area contributed by atoms with Crippen molar-refractivity contribution in [1.29, 1.82) is 0 Å². The van der Waals surface area contributed by atoms with Crippen molar-refractivity contribution < 1.29 is 9.90 Å².